The highest BCUT2D eigenvalue weighted by Gasteiger charge is 2.34. The van der Waals surface area contributed by atoms with E-state index in [1.165, 1.54) is 11.6 Å². The van der Waals surface area contributed by atoms with Crippen molar-refractivity contribution in [3.05, 3.63) is 11.6 Å². The Bertz CT molecular complexity index is 392. The number of ether oxygens (including phenoxy) is 2. The second-order valence-electron chi connectivity index (χ2n) is 7.32. The van der Waals surface area contributed by atoms with Gasteiger partial charge in [-0.3, -0.25) is 9.59 Å². The number of allylic oxidation sites excluding steroid dienone is 2. The van der Waals surface area contributed by atoms with E-state index in [9.17, 15) is 9.59 Å². The van der Waals surface area contributed by atoms with E-state index in [4.69, 9.17) is 9.47 Å². The van der Waals surface area contributed by atoms with Gasteiger partial charge in [0, 0.05) is 8.07 Å². The monoisotopic (exact) mass is 342 g/mol. The Morgan fingerprint density at radius 3 is 1.91 bits per heavy atom. The van der Waals surface area contributed by atoms with Crippen LogP contribution in [0.15, 0.2) is 11.6 Å². The molecule has 0 aliphatic carbocycles. The van der Waals surface area contributed by atoms with Crippen molar-refractivity contribution in [1.29, 1.82) is 0 Å². The summed E-state index contributed by atoms with van der Waals surface area (Å²) in [6.07, 6.45) is 3.88. The minimum Gasteiger partial charge on any atom is -0.465 e. The van der Waals surface area contributed by atoms with E-state index in [1.807, 2.05) is 6.92 Å². The maximum absolute atomic E-state index is 12.1. The Balaban J connectivity index is 4.71. The van der Waals surface area contributed by atoms with Gasteiger partial charge >= 0.3 is 11.9 Å². The SMILES string of the molecule is CCOC(=O)C(C(=O)OCC)C(C)CC/C=C(/C)C[Si](C)(C)C. The van der Waals surface area contributed by atoms with Crippen molar-refractivity contribution in [2.24, 2.45) is 11.8 Å². The highest BCUT2D eigenvalue weighted by Crippen LogP contribution is 2.23. The van der Waals surface area contributed by atoms with E-state index in [0.717, 1.165) is 12.8 Å². The summed E-state index contributed by atoms with van der Waals surface area (Å²) in [5, 5.41) is 0. The molecule has 0 aliphatic rings. The second kappa shape index (κ2) is 10.6. The molecule has 0 amide bonds. The summed E-state index contributed by atoms with van der Waals surface area (Å²) < 4.78 is 10.1. The molecule has 0 spiro atoms. The summed E-state index contributed by atoms with van der Waals surface area (Å²) >= 11 is 0. The number of hydrogen-bond acceptors (Lipinski definition) is 4. The third-order valence-corrected chi connectivity index (χ3v) is 5.19. The van der Waals surface area contributed by atoms with Crippen LogP contribution in [0.3, 0.4) is 0 Å². The summed E-state index contributed by atoms with van der Waals surface area (Å²) in [5.74, 6) is -1.85. The molecule has 0 rings (SSSR count). The molecule has 1 unspecified atom stereocenters. The topological polar surface area (TPSA) is 52.6 Å². The molecule has 0 aromatic carbocycles. The van der Waals surface area contributed by atoms with Gasteiger partial charge in [-0.1, -0.05) is 38.2 Å². The molecule has 134 valence electrons. The Labute approximate surface area is 142 Å². The molecule has 0 heterocycles. The lowest BCUT2D eigenvalue weighted by Crippen LogP contribution is -2.33. The number of hydrogen-bond donors (Lipinski definition) is 0. The predicted octanol–water partition coefficient (Wildman–Crippen LogP) is 4.43. The number of carbonyl (C=O) groups is 2. The third kappa shape index (κ3) is 9.59. The molecule has 1 atom stereocenters. The van der Waals surface area contributed by atoms with E-state index in [2.05, 4.69) is 32.6 Å². The summed E-state index contributed by atoms with van der Waals surface area (Å²) in [7, 11) is -1.09. The van der Waals surface area contributed by atoms with Crippen LogP contribution in [-0.2, 0) is 19.1 Å². The van der Waals surface area contributed by atoms with Crippen molar-refractivity contribution in [1.82, 2.24) is 0 Å². The molecule has 0 saturated carbocycles. The molecule has 0 N–H and O–H groups in total. The fourth-order valence-electron chi connectivity index (χ4n) is 2.69. The molecule has 0 aliphatic heterocycles. The summed E-state index contributed by atoms with van der Waals surface area (Å²) in [5.41, 5.74) is 1.40. The normalized spacial score (nSPS) is 13.8. The van der Waals surface area contributed by atoms with Gasteiger partial charge in [0.25, 0.3) is 0 Å². The molecule has 0 saturated heterocycles. The first kappa shape index (κ1) is 21.9. The molecular weight excluding hydrogens is 308 g/mol. The summed E-state index contributed by atoms with van der Waals surface area (Å²) in [6.45, 7) is 15.2. The summed E-state index contributed by atoms with van der Waals surface area (Å²) in [6, 6.07) is 1.18. The first-order valence-electron chi connectivity index (χ1n) is 8.61. The molecular formula is C18H34O4Si. The van der Waals surface area contributed by atoms with Gasteiger partial charge in [0.1, 0.15) is 0 Å². The first-order valence-corrected chi connectivity index (χ1v) is 12.3. The van der Waals surface area contributed by atoms with Crippen LogP contribution in [0, 0.1) is 11.8 Å². The Morgan fingerprint density at radius 2 is 1.52 bits per heavy atom. The zero-order chi connectivity index (χ0) is 18.0. The fraction of sp³-hybridized carbons (Fsp3) is 0.778. The highest BCUT2D eigenvalue weighted by molar-refractivity contribution is 6.76. The number of rotatable bonds is 10. The van der Waals surface area contributed by atoms with Gasteiger partial charge in [-0.15, -0.1) is 0 Å². The van der Waals surface area contributed by atoms with Crippen LogP contribution in [0.25, 0.3) is 0 Å². The fourth-order valence-corrected chi connectivity index (χ4v) is 4.51. The Morgan fingerprint density at radius 1 is 1.04 bits per heavy atom. The van der Waals surface area contributed by atoms with Crippen molar-refractivity contribution in [2.45, 2.75) is 66.2 Å². The quantitative estimate of drug-likeness (QED) is 0.255. The number of carbonyl (C=O) groups excluding carboxylic acids is 2. The van der Waals surface area contributed by atoms with Crippen LogP contribution in [0.5, 0.6) is 0 Å². The number of esters is 2. The first-order chi connectivity index (χ1) is 10.6. The second-order valence-corrected chi connectivity index (χ2v) is 12.8. The zero-order valence-electron chi connectivity index (χ0n) is 15.9. The highest BCUT2D eigenvalue weighted by atomic mass is 28.3. The van der Waals surface area contributed by atoms with Crippen LogP contribution >= 0.6 is 0 Å². The standard InChI is InChI=1S/C18H34O4Si/c1-8-21-17(19)16(18(20)22-9-2)15(4)12-10-11-14(3)13-23(5,6)7/h11,15-16H,8-10,12-13H2,1-7H3/b14-11-. The van der Waals surface area contributed by atoms with Crippen LogP contribution in [0.2, 0.25) is 25.7 Å². The largest absolute Gasteiger partial charge is 0.465 e. The van der Waals surface area contributed by atoms with Gasteiger partial charge in [-0.2, -0.15) is 0 Å². The molecule has 0 radical (unpaired) electrons. The molecule has 4 nitrogen and oxygen atoms in total. The van der Waals surface area contributed by atoms with Crippen LogP contribution in [0.1, 0.15) is 40.5 Å². The average Bonchev–Trinajstić information content (AvgIpc) is 2.37. The minimum absolute atomic E-state index is 0.0935. The van der Waals surface area contributed by atoms with Crippen molar-refractivity contribution >= 4 is 20.0 Å². The lowest BCUT2D eigenvalue weighted by molar-refractivity contribution is -0.164. The maximum atomic E-state index is 12.1. The molecule has 0 aromatic heterocycles. The molecule has 0 bridgehead atoms. The van der Waals surface area contributed by atoms with Crippen LogP contribution in [0.4, 0.5) is 0 Å². The maximum Gasteiger partial charge on any atom is 0.320 e. The lowest BCUT2D eigenvalue weighted by atomic mass is 9.89. The molecule has 0 aromatic rings. The molecule has 23 heavy (non-hydrogen) atoms. The van der Waals surface area contributed by atoms with Crippen molar-refractivity contribution < 1.29 is 19.1 Å². The van der Waals surface area contributed by atoms with E-state index in [-0.39, 0.29) is 19.1 Å². The Kier molecular flexibility index (Phi) is 10.1. The van der Waals surface area contributed by atoms with Gasteiger partial charge in [-0.25, -0.2) is 0 Å². The third-order valence-electron chi connectivity index (χ3n) is 3.57. The van der Waals surface area contributed by atoms with Crippen molar-refractivity contribution in [3.8, 4) is 0 Å². The average molecular weight is 343 g/mol. The van der Waals surface area contributed by atoms with E-state index >= 15 is 0 Å². The van der Waals surface area contributed by atoms with Crippen LogP contribution in [-0.4, -0.2) is 33.2 Å². The van der Waals surface area contributed by atoms with Gasteiger partial charge in [0.05, 0.1) is 13.2 Å². The molecule has 5 heteroatoms. The van der Waals surface area contributed by atoms with Crippen LogP contribution < -0.4 is 0 Å². The van der Waals surface area contributed by atoms with E-state index in [1.54, 1.807) is 13.8 Å². The summed E-state index contributed by atoms with van der Waals surface area (Å²) in [4.78, 5) is 24.1. The van der Waals surface area contributed by atoms with Crippen molar-refractivity contribution in [3.63, 3.8) is 0 Å². The van der Waals surface area contributed by atoms with E-state index in [0.29, 0.717) is 0 Å². The van der Waals surface area contributed by atoms with Gasteiger partial charge in [0.2, 0.25) is 0 Å². The minimum atomic E-state index is -1.09. The van der Waals surface area contributed by atoms with Gasteiger partial charge in [0.15, 0.2) is 5.92 Å². The van der Waals surface area contributed by atoms with Gasteiger partial charge < -0.3 is 9.47 Å². The van der Waals surface area contributed by atoms with Gasteiger partial charge in [-0.05, 0) is 45.6 Å². The molecule has 0 fully saturated rings. The lowest BCUT2D eigenvalue weighted by Gasteiger charge is -2.20. The predicted molar refractivity (Wildman–Crippen MR) is 97.1 cm³/mol. The van der Waals surface area contributed by atoms with Crippen molar-refractivity contribution in [2.75, 3.05) is 13.2 Å². The zero-order valence-corrected chi connectivity index (χ0v) is 16.9. The Hall–Kier alpha value is -1.10. The van der Waals surface area contributed by atoms with E-state index < -0.39 is 25.9 Å². The smallest absolute Gasteiger partial charge is 0.320 e.